The molecule has 1 unspecified atom stereocenters. The van der Waals surface area contributed by atoms with Gasteiger partial charge in [0.2, 0.25) is 0 Å². The lowest BCUT2D eigenvalue weighted by molar-refractivity contribution is 0.101. The standard InChI is InChI=1S/C13H15N3O2/c1-8-6-12(16-18-8)13(17)15-11-5-3-4-10(7-11)9(2)14/h3-7,9H,14H2,1-2H3,(H,15,17). The van der Waals surface area contributed by atoms with Gasteiger partial charge in [0.15, 0.2) is 5.69 Å². The zero-order valence-corrected chi connectivity index (χ0v) is 10.3. The molecule has 0 aliphatic carbocycles. The first-order valence-corrected chi connectivity index (χ1v) is 5.66. The quantitative estimate of drug-likeness (QED) is 0.869. The van der Waals surface area contributed by atoms with E-state index < -0.39 is 0 Å². The van der Waals surface area contributed by atoms with Gasteiger partial charge in [-0.15, -0.1) is 0 Å². The molecule has 0 aliphatic rings. The second kappa shape index (κ2) is 5.01. The number of hydrogen-bond acceptors (Lipinski definition) is 4. The van der Waals surface area contributed by atoms with Gasteiger partial charge in [-0.05, 0) is 31.5 Å². The van der Waals surface area contributed by atoms with Crippen LogP contribution in [-0.4, -0.2) is 11.1 Å². The smallest absolute Gasteiger partial charge is 0.277 e. The third-order valence-corrected chi connectivity index (χ3v) is 2.53. The van der Waals surface area contributed by atoms with Crippen molar-refractivity contribution >= 4 is 11.6 Å². The lowest BCUT2D eigenvalue weighted by Crippen LogP contribution is -2.13. The predicted octanol–water partition coefficient (Wildman–Crippen LogP) is 2.26. The normalized spacial score (nSPS) is 12.2. The Kier molecular flexibility index (Phi) is 3.43. The molecule has 0 aliphatic heterocycles. The minimum atomic E-state index is -0.298. The van der Waals surface area contributed by atoms with Gasteiger partial charge in [0.1, 0.15) is 5.76 Å². The number of nitrogens with one attached hydrogen (secondary N) is 1. The Labute approximate surface area is 105 Å². The molecule has 0 radical (unpaired) electrons. The number of carbonyl (C=O) groups excluding carboxylic acids is 1. The molecule has 0 bridgehead atoms. The van der Waals surface area contributed by atoms with Crippen LogP contribution in [0, 0.1) is 6.92 Å². The molecule has 3 N–H and O–H groups in total. The summed E-state index contributed by atoms with van der Waals surface area (Å²) in [5.74, 6) is 0.304. The van der Waals surface area contributed by atoms with Crippen LogP contribution >= 0.6 is 0 Å². The topological polar surface area (TPSA) is 81.2 Å². The number of hydrogen-bond donors (Lipinski definition) is 2. The molecule has 5 nitrogen and oxygen atoms in total. The second-order valence-corrected chi connectivity index (χ2v) is 4.19. The largest absolute Gasteiger partial charge is 0.361 e. The van der Waals surface area contributed by atoms with Crippen molar-refractivity contribution in [1.82, 2.24) is 5.16 Å². The van der Waals surface area contributed by atoms with Crippen LogP contribution in [0.2, 0.25) is 0 Å². The Hall–Kier alpha value is -2.14. The molecule has 1 atom stereocenters. The molecule has 0 saturated carbocycles. The number of anilines is 1. The minimum absolute atomic E-state index is 0.0730. The van der Waals surface area contributed by atoms with Crippen LogP contribution in [0.1, 0.15) is 34.8 Å². The Bertz CT molecular complexity index is 561. The van der Waals surface area contributed by atoms with Crippen LogP contribution in [0.25, 0.3) is 0 Å². The summed E-state index contributed by atoms with van der Waals surface area (Å²) >= 11 is 0. The fourth-order valence-corrected chi connectivity index (χ4v) is 1.57. The molecule has 18 heavy (non-hydrogen) atoms. The SMILES string of the molecule is Cc1cc(C(=O)Nc2cccc(C(C)N)c2)no1. The van der Waals surface area contributed by atoms with Gasteiger partial charge >= 0.3 is 0 Å². The number of aromatic nitrogens is 1. The van der Waals surface area contributed by atoms with E-state index in [0.29, 0.717) is 11.4 Å². The summed E-state index contributed by atoms with van der Waals surface area (Å²) in [7, 11) is 0. The molecular weight excluding hydrogens is 230 g/mol. The molecule has 94 valence electrons. The Morgan fingerprint density at radius 1 is 1.44 bits per heavy atom. The van der Waals surface area contributed by atoms with Crippen LogP contribution < -0.4 is 11.1 Å². The van der Waals surface area contributed by atoms with E-state index in [1.807, 2.05) is 25.1 Å². The zero-order valence-electron chi connectivity index (χ0n) is 10.3. The van der Waals surface area contributed by atoms with E-state index >= 15 is 0 Å². The van der Waals surface area contributed by atoms with Gasteiger partial charge in [-0.1, -0.05) is 17.3 Å². The molecule has 5 heteroatoms. The van der Waals surface area contributed by atoms with Gasteiger partial charge in [-0.25, -0.2) is 0 Å². The predicted molar refractivity (Wildman–Crippen MR) is 68.2 cm³/mol. The number of carbonyl (C=O) groups is 1. The van der Waals surface area contributed by atoms with Crippen molar-refractivity contribution in [1.29, 1.82) is 0 Å². The number of benzene rings is 1. The van der Waals surface area contributed by atoms with E-state index in [4.69, 9.17) is 10.3 Å². The van der Waals surface area contributed by atoms with E-state index in [1.165, 1.54) is 0 Å². The summed E-state index contributed by atoms with van der Waals surface area (Å²) < 4.78 is 4.85. The average molecular weight is 245 g/mol. The van der Waals surface area contributed by atoms with Crippen molar-refractivity contribution in [3.05, 3.63) is 47.3 Å². The van der Waals surface area contributed by atoms with Gasteiger partial charge in [-0.2, -0.15) is 0 Å². The number of aryl methyl sites for hydroxylation is 1. The monoisotopic (exact) mass is 245 g/mol. The highest BCUT2D eigenvalue weighted by Gasteiger charge is 2.11. The molecule has 1 heterocycles. The Morgan fingerprint density at radius 3 is 2.83 bits per heavy atom. The maximum atomic E-state index is 11.8. The number of rotatable bonds is 3. The lowest BCUT2D eigenvalue weighted by atomic mass is 10.1. The Balaban J connectivity index is 2.14. The van der Waals surface area contributed by atoms with Gasteiger partial charge in [0.05, 0.1) is 0 Å². The van der Waals surface area contributed by atoms with Crippen LogP contribution in [-0.2, 0) is 0 Å². The summed E-state index contributed by atoms with van der Waals surface area (Å²) in [6.45, 7) is 3.63. The summed E-state index contributed by atoms with van der Waals surface area (Å²) in [4.78, 5) is 11.8. The van der Waals surface area contributed by atoms with E-state index in [-0.39, 0.29) is 17.6 Å². The molecule has 2 rings (SSSR count). The molecule has 2 aromatic rings. The first-order valence-electron chi connectivity index (χ1n) is 5.66. The Morgan fingerprint density at radius 2 is 2.22 bits per heavy atom. The second-order valence-electron chi connectivity index (χ2n) is 4.19. The molecular formula is C13H15N3O2. The van der Waals surface area contributed by atoms with Crippen molar-refractivity contribution in [2.45, 2.75) is 19.9 Å². The first kappa shape index (κ1) is 12.3. The van der Waals surface area contributed by atoms with E-state index in [2.05, 4.69) is 10.5 Å². The zero-order chi connectivity index (χ0) is 13.1. The van der Waals surface area contributed by atoms with Crippen molar-refractivity contribution < 1.29 is 9.32 Å². The van der Waals surface area contributed by atoms with Crippen LogP contribution in [0.3, 0.4) is 0 Å². The fourth-order valence-electron chi connectivity index (χ4n) is 1.57. The minimum Gasteiger partial charge on any atom is -0.361 e. The number of nitrogens with two attached hydrogens (primary N) is 1. The van der Waals surface area contributed by atoms with Gasteiger partial charge in [0.25, 0.3) is 5.91 Å². The van der Waals surface area contributed by atoms with Crippen molar-refractivity contribution in [3.63, 3.8) is 0 Å². The molecule has 1 aromatic carbocycles. The van der Waals surface area contributed by atoms with Crippen molar-refractivity contribution in [2.24, 2.45) is 5.73 Å². The third-order valence-electron chi connectivity index (χ3n) is 2.53. The summed E-state index contributed by atoms with van der Waals surface area (Å²) in [6, 6.07) is 8.93. The average Bonchev–Trinajstić information content (AvgIpc) is 2.76. The van der Waals surface area contributed by atoms with Crippen molar-refractivity contribution in [2.75, 3.05) is 5.32 Å². The van der Waals surface area contributed by atoms with E-state index in [0.717, 1.165) is 5.56 Å². The summed E-state index contributed by atoms with van der Waals surface area (Å²) in [5, 5.41) is 6.41. The van der Waals surface area contributed by atoms with Gasteiger partial charge < -0.3 is 15.6 Å². The molecule has 0 saturated heterocycles. The molecule has 1 amide bonds. The molecule has 1 aromatic heterocycles. The first-order chi connectivity index (χ1) is 8.56. The van der Waals surface area contributed by atoms with Crippen LogP contribution in [0.5, 0.6) is 0 Å². The van der Waals surface area contributed by atoms with Gasteiger partial charge in [0, 0.05) is 17.8 Å². The van der Waals surface area contributed by atoms with E-state index in [9.17, 15) is 4.79 Å². The fraction of sp³-hybridized carbons (Fsp3) is 0.231. The van der Waals surface area contributed by atoms with Crippen LogP contribution in [0.15, 0.2) is 34.9 Å². The number of nitrogens with zero attached hydrogens (tertiary/aromatic N) is 1. The molecule has 0 fully saturated rings. The van der Waals surface area contributed by atoms with Crippen LogP contribution in [0.4, 0.5) is 5.69 Å². The highest BCUT2D eigenvalue weighted by molar-refractivity contribution is 6.02. The number of amides is 1. The summed E-state index contributed by atoms with van der Waals surface area (Å²) in [6.07, 6.45) is 0. The highest BCUT2D eigenvalue weighted by Crippen LogP contribution is 2.16. The van der Waals surface area contributed by atoms with Crippen molar-refractivity contribution in [3.8, 4) is 0 Å². The maximum absolute atomic E-state index is 11.8. The van der Waals surface area contributed by atoms with Gasteiger partial charge in [-0.3, -0.25) is 4.79 Å². The lowest BCUT2D eigenvalue weighted by Gasteiger charge is -2.08. The van der Waals surface area contributed by atoms with E-state index in [1.54, 1.807) is 19.1 Å². The maximum Gasteiger partial charge on any atom is 0.277 e. The molecule has 0 spiro atoms. The summed E-state index contributed by atoms with van der Waals surface area (Å²) in [5.41, 5.74) is 7.70. The third kappa shape index (κ3) is 2.75. The highest BCUT2D eigenvalue weighted by atomic mass is 16.5.